The maximum Gasteiger partial charge on any atom is 0.246 e. The van der Waals surface area contributed by atoms with Crippen molar-refractivity contribution < 1.29 is 14.6 Å². The number of ether oxygens (including phenoxy) is 1. The Morgan fingerprint density at radius 2 is 2.41 bits per heavy atom. The van der Waals surface area contributed by atoms with Crippen LogP contribution in [0.2, 0.25) is 0 Å². The Bertz CT molecular complexity index is 492. The van der Waals surface area contributed by atoms with E-state index in [9.17, 15) is 9.90 Å². The first kappa shape index (κ1) is 17.3. The molecule has 0 bridgehead atoms. The molecule has 0 saturated carbocycles. The van der Waals surface area contributed by atoms with E-state index >= 15 is 0 Å². The molecule has 7 heteroatoms. The first-order valence-corrected chi connectivity index (χ1v) is 8.54. The predicted octanol–water partition coefficient (Wildman–Crippen LogP) is 0.928. The van der Waals surface area contributed by atoms with E-state index in [1.165, 1.54) is 0 Å². The number of thiazole rings is 1. The molecule has 1 amide bonds. The lowest BCUT2D eigenvalue weighted by Crippen LogP contribution is -2.54. The lowest BCUT2D eigenvalue weighted by Gasteiger charge is -2.35. The van der Waals surface area contributed by atoms with Crippen LogP contribution >= 0.6 is 11.3 Å². The summed E-state index contributed by atoms with van der Waals surface area (Å²) in [5.41, 5.74) is 1.04. The van der Waals surface area contributed by atoms with Crippen molar-refractivity contribution in [3.8, 4) is 0 Å². The molecule has 1 aliphatic heterocycles. The van der Waals surface area contributed by atoms with Crippen LogP contribution in [0.4, 0.5) is 0 Å². The molecule has 0 spiro atoms. The van der Waals surface area contributed by atoms with Crippen molar-refractivity contribution in [1.82, 2.24) is 15.2 Å². The van der Waals surface area contributed by atoms with Gasteiger partial charge in [-0.1, -0.05) is 0 Å². The molecule has 1 aromatic heterocycles. The average Bonchev–Trinajstić information content (AvgIpc) is 2.85. The highest BCUT2D eigenvalue weighted by molar-refractivity contribution is 7.09. The molecule has 2 heterocycles. The smallest absolute Gasteiger partial charge is 0.246 e. The van der Waals surface area contributed by atoms with Crippen molar-refractivity contribution in [2.75, 3.05) is 19.7 Å². The first-order chi connectivity index (χ1) is 10.4. The number of aliphatic hydroxyl groups is 1. The Kier molecular flexibility index (Phi) is 6.31. The third-order valence-corrected chi connectivity index (χ3v) is 4.43. The number of nitrogens with one attached hydrogen (secondary N) is 1. The number of hydrogen-bond donors (Lipinski definition) is 2. The van der Waals surface area contributed by atoms with Gasteiger partial charge in [0.15, 0.2) is 0 Å². The van der Waals surface area contributed by atoms with Gasteiger partial charge in [0, 0.05) is 25.0 Å². The second-order valence-electron chi connectivity index (χ2n) is 5.98. The van der Waals surface area contributed by atoms with E-state index in [4.69, 9.17) is 4.74 Å². The minimum absolute atomic E-state index is 0.0269. The molecule has 0 aromatic carbocycles. The van der Waals surface area contributed by atoms with Gasteiger partial charge in [0.1, 0.15) is 6.61 Å². The molecule has 1 saturated heterocycles. The van der Waals surface area contributed by atoms with E-state index in [0.29, 0.717) is 6.54 Å². The summed E-state index contributed by atoms with van der Waals surface area (Å²) in [6.45, 7) is 7.95. The molecule has 2 atom stereocenters. The summed E-state index contributed by atoms with van der Waals surface area (Å²) in [7, 11) is 0. The normalized spacial score (nSPS) is 23.0. The summed E-state index contributed by atoms with van der Waals surface area (Å²) in [6, 6.07) is -0.198. The highest BCUT2D eigenvalue weighted by atomic mass is 32.1. The second kappa shape index (κ2) is 8.01. The molecule has 2 rings (SSSR count). The number of carbonyl (C=O) groups is 1. The molecule has 1 aromatic rings. The number of piperidine rings is 1. The minimum atomic E-state index is -0.559. The van der Waals surface area contributed by atoms with E-state index in [1.807, 2.05) is 20.8 Å². The van der Waals surface area contributed by atoms with Crippen LogP contribution in [-0.4, -0.2) is 58.8 Å². The highest BCUT2D eigenvalue weighted by Gasteiger charge is 2.29. The maximum absolute atomic E-state index is 11.8. The summed E-state index contributed by atoms with van der Waals surface area (Å²) in [4.78, 5) is 18.4. The van der Waals surface area contributed by atoms with Gasteiger partial charge in [-0.05, 0) is 27.2 Å². The molecular formula is C15H25N3O3S. The number of β-amino-alcohol motifs (C(OH)–C–C–N with tert-alkyl or cyclic N) is 1. The molecule has 6 nitrogen and oxygen atoms in total. The minimum Gasteiger partial charge on any atom is -0.390 e. The fourth-order valence-electron chi connectivity index (χ4n) is 2.51. The topological polar surface area (TPSA) is 74.7 Å². The van der Waals surface area contributed by atoms with Crippen molar-refractivity contribution in [3.63, 3.8) is 0 Å². The van der Waals surface area contributed by atoms with Gasteiger partial charge in [-0.3, -0.25) is 9.69 Å². The summed E-state index contributed by atoms with van der Waals surface area (Å²) < 4.78 is 5.27. The Labute approximate surface area is 135 Å². The number of aryl methyl sites for hydroxylation is 1. The van der Waals surface area contributed by atoms with E-state index < -0.39 is 6.10 Å². The van der Waals surface area contributed by atoms with Gasteiger partial charge < -0.3 is 15.2 Å². The second-order valence-corrected chi connectivity index (χ2v) is 7.04. The molecule has 22 heavy (non-hydrogen) atoms. The van der Waals surface area contributed by atoms with Crippen LogP contribution in [0.1, 0.15) is 31.0 Å². The molecule has 0 unspecified atom stereocenters. The molecule has 1 fully saturated rings. The zero-order valence-electron chi connectivity index (χ0n) is 13.4. The molecule has 124 valence electrons. The number of aromatic nitrogens is 1. The number of rotatable bonds is 6. The fraction of sp³-hybridized carbons (Fsp3) is 0.733. The predicted molar refractivity (Wildman–Crippen MR) is 85.8 cm³/mol. The van der Waals surface area contributed by atoms with E-state index in [-0.39, 0.29) is 24.7 Å². The van der Waals surface area contributed by atoms with Crippen LogP contribution in [0.25, 0.3) is 0 Å². The van der Waals surface area contributed by atoms with Crippen molar-refractivity contribution >= 4 is 17.2 Å². The number of carbonyl (C=O) groups excluding carboxylic acids is 1. The van der Waals surface area contributed by atoms with Crippen LogP contribution < -0.4 is 5.32 Å². The quantitative estimate of drug-likeness (QED) is 0.813. The van der Waals surface area contributed by atoms with Crippen molar-refractivity contribution in [3.05, 3.63) is 16.1 Å². The number of nitrogens with zero attached hydrogens (tertiary/aromatic N) is 2. The van der Waals surface area contributed by atoms with Crippen LogP contribution in [0.5, 0.6) is 0 Å². The zero-order valence-corrected chi connectivity index (χ0v) is 14.2. The molecule has 2 N–H and O–H groups in total. The van der Waals surface area contributed by atoms with Gasteiger partial charge >= 0.3 is 0 Å². The van der Waals surface area contributed by atoms with Crippen molar-refractivity contribution in [1.29, 1.82) is 0 Å². The first-order valence-electron chi connectivity index (χ1n) is 7.66. The number of likely N-dealkylation sites (tertiary alicyclic amines) is 1. The van der Waals surface area contributed by atoms with Gasteiger partial charge in [0.05, 0.1) is 29.0 Å². The molecule has 0 radical (unpaired) electrons. The Morgan fingerprint density at radius 3 is 3.00 bits per heavy atom. The summed E-state index contributed by atoms with van der Waals surface area (Å²) in [6.07, 6.45) is 0.202. The number of amides is 1. The summed E-state index contributed by atoms with van der Waals surface area (Å²) in [5.74, 6) is -0.165. The average molecular weight is 327 g/mol. The van der Waals surface area contributed by atoms with Crippen molar-refractivity contribution in [2.45, 2.75) is 52.0 Å². The SMILES string of the molecule is Cc1nc(CN2CC[C@@H](NC(=O)COC(C)C)[C@H](O)C2)cs1. The van der Waals surface area contributed by atoms with E-state index in [1.54, 1.807) is 11.3 Å². The van der Waals surface area contributed by atoms with Gasteiger partial charge in [0.2, 0.25) is 5.91 Å². The van der Waals surface area contributed by atoms with Gasteiger partial charge in [-0.25, -0.2) is 4.98 Å². The van der Waals surface area contributed by atoms with Crippen molar-refractivity contribution in [2.24, 2.45) is 0 Å². The highest BCUT2D eigenvalue weighted by Crippen LogP contribution is 2.16. The van der Waals surface area contributed by atoms with Crippen LogP contribution in [0.3, 0.4) is 0 Å². The van der Waals surface area contributed by atoms with Gasteiger partial charge in [0.25, 0.3) is 0 Å². The largest absolute Gasteiger partial charge is 0.390 e. The molecule has 1 aliphatic rings. The Balaban J connectivity index is 1.76. The number of aliphatic hydroxyl groups excluding tert-OH is 1. The van der Waals surface area contributed by atoms with Gasteiger partial charge in [-0.2, -0.15) is 0 Å². The van der Waals surface area contributed by atoms with Crippen LogP contribution in [0.15, 0.2) is 5.38 Å². The number of hydrogen-bond acceptors (Lipinski definition) is 6. The molecule has 0 aliphatic carbocycles. The van der Waals surface area contributed by atoms with Crippen LogP contribution in [0, 0.1) is 6.92 Å². The monoisotopic (exact) mass is 327 g/mol. The third-order valence-electron chi connectivity index (χ3n) is 3.61. The lowest BCUT2D eigenvalue weighted by molar-refractivity contribution is -0.129. The fourth-order valence-corrected chi connectivity index (χ4v) is 3.11. The van der Waals surface area contributed by atoms with E-state index in [0.717, 1.165) is 30.2 Å². The summed E-state index contributed by atoms with van der Waals surface area (Å²) in [5, 5.41) is 16.2. The Morgan fingerprint density at radius 1 is 1.64 bits per heavy atom. The Hall–Kier alpha value is -1.02. The molecular weight excluding hydrogens is 302 g/mol. The standard InChI is InChI=1S/C15H25N3O3S/c1-10(2)21-8-15(20)17-13-4-5-18(7-14(13)19)6-12-9-22-11(3)16-12/h9-10,13-14,19H,4-8H2,1-3H3,(H,17,20)/t13-,14-/m1/s1. The lowest BCUT2D eigenvalue weighted by atomic mass is 10.0. The summed E-state index contributed by atoms with van der Waals surface area (Å²) >= 11 is 1.64. The maximum atomic E-state index is 11.8. The van der Waals surface area contributed by atoms with Gasteiger partial charge in [-0.15, -0.1) is 11.3 Å². The van der Waals surface area contributed by atoms with E-state index in [2.05, 4.69) is 20.6 Å². The zero-order chi connectivity index (χ0) is 16.1. The van der Waals surface area contributed by atoms with Crippen LogP contribution in [-0.2, 0) is 16.1 Å². The third kappa shape index (κ3) is 5.31.